The van der Waals surface area contributed by atoms with Crippen LogP contribution >= 0.6 is 15.9 Å². The third-order valence-electron chi connectivity index (χ3n) is 5.08. The molecule has 0 spiro atoms. The summed E-state index contributed by atoms with van der Waals surface area (Å²) in [5.74, 6) is -1.42. The van der Waals surface area contributed by atoms with Crippen molar-refractivity contribution >= 4 is 57.1 Å². The molecule has 1 aliphatic heterocycles. The van der Waals surface area contributed by atoms with Crippen LogP contribution in [0.25, 0.3) is 6.08 Å². The van der Waals surface area contributed by atoms with Crippen LogP contribution in [0.2, 0.25) is 0 Å². The zero-order valence-electron chi connectivity index (χ0n) is 18.6. The SMILES string of the molecule is Cc1ccc(NC(=O)COc2ccc(/C=C3\C(=O)NC(=O)N(c4ccccc4)C3=O)cc2Br)cc1. The minimum Gasteiger partial charge on any atom is -0.483 e. The molecule has 4 rings (SSSR count). The number of imide groups is 2. The molecule has 8 nitrogen and oxygen atoms in total. The van der Waals surface area contributed by atoms with Crippen LogP contribution in [0.3, 0.4) is 0 Å². The lowest BCUT2D eigenvalue weighted by atomic mass is 10.1. The van der Waals surface area contributed by atoms with Gasteiger partial charge in [0, 0.05) is 5.69 Å². The van der Waals surface area contributed by atoms with Crippen molar-refractivity contribution in [1.29, 1.82) is 0 Å². The molecule has 5 amide bonds. The first-order valence-electron chi connectivity index (χ1n) is 10.6. The van der Waals surface area contributed by atoms with E-state index < -0.39 is 17.8 Å². The van der Waals surface area contributed by atoms with Gasteiger partial charge in [-0.15, -0.1) is 0 Å². The van der Waals surface area contributed by atoms with Crippen molar-refractivity contribution in [3.05, 3.63) is 94.0 Å². The second kappa shape index (κ2) is 10.4. The number of hydrogen-bond acceptors (Lipinski definition) is 5. The molecule has 0 aliphatic carbocycles. The maximum absolute atomic E-state index is 12.9. The number of aryl methyl sites for hydroxylation is 1. The molecule has 0 unspecified atom stereocenters. The number of nitrogens with one attached hydrogen (secondary N) is 2. The van der Waals surface area contributed by atoms with Crippen LogP contribution in [0.15, 0.2) is 82.8 Å². The van der Waals surface area contributed by atoms with Crippen molar-refractivity contribution in [3.63, 3.8) is 0 Å². The lowest BCUT2D eigenvalue weighted by molar-refractivity contribution is -0.122. The number of carbonyl (C=O) groups excluding carboxylic acids is 4. The average Bonchev–Trinajstić information content (AvgIpc) is 2.83. The van der Waals surface area contributed by atoms with Gasteiger partial charge in [-0.2, -0.15) is 0 Å². The second-order valence-corrected chi connectivity index (χ2v) is 8.54. The van der Waals surface area contributed by atoms with Gasteiger partial charge in [0.15, 0.2) is 6.61 Å². The minimum absolute atomic E-state index is 0.188. The lowest BCUT2D eigenvalue weighted by Crippen LogP contribution is -2.54. The molecule has 0 saturated carbocycles. The number of rotatable bonds is 6. The minimum atomic E-state index is -0.808. The van der Waals surface area contributed by atoms with E-state index in [9.17, 15) is 19.2 Å². The first kappa shape index (κ1) is 23.9. The molecule has 1 aliphatic rings. The third-order valence-corrected chi connectivity index (χ3v) is 5.70. The number of halogens is 1. The fraction of sp³-hybridized carbons (Fsp3) is 0.0769. The first-order valence-corrected chi connectivity index (χ1v) is 11.4. The van der Waals surface area contributed by atoms with Crippen molar-refractivity contribution < 1.29 is 23.9 Å². The van der Waals surface area contributed by atoms with Gasteiger partial charge in [-0.1, -0.05) is 42.0 Å². The molecular formula is C26H20BrN3O5. The highest BCUT2D eigenvalue weighted by Gasteiger charge is 2.36. The number of carbonyl (C=O) groups is 4. The molecule has 176 valence electrons. The Hall–Kier alpha value is -4.24. The number of nitrogens with zero attached hydrogens (tertiary/aromatic N) is 1. The van der Waals surface area contributed by atoms with E-state index in [-0.39, 0.29) is 18.1 Å². The van der Waals surface area contributed by atoms with E-state index in [1.807, 2.05) is 19.1 Å². The molecule has 1 fully saturated rings. The summed E-state index contributed by atoms with van der Waals surface area (Å²) in [5.41, 5.74) is 2.44. The summed E-state index contributed by atoms with van der Waals surface area (Å²) in [6.45, 7) is 1.75. The van der Waals surface area contributed by atoms with Gasteiger partial charge >= 0.3 is 6.03 Å². The molecule has 0 aromatic heterocycles. The van der Waals surface area contributed by atoms with Crippen LogP contribution < -0.4 is 20.3 Å². The Morgan fingerprint density at radius 1 is 1.03 bits per heavy atom. The second-order valence-electron chi connectivity index (χ2n) is 7.69. The number of ether oxygens (including phenoxy) is 1. The van der Waals surface area contributed by atoms with E-state index in [0.717, 1.165) is 10.5 Å². The number of barbiturate groups is 1. The van der Waals surface area contributed by atoms with Gasteiger partial charge in [0.05, 0.1) is 10.2 Å². The predicted molar refractivity (Wildman–Crippen MR) is 135 cm³/mol. The van der Waals surface area contributed by atoms with E-state index in [0.29, 0.717) is 27.2 Å². The van der Waals surface area contributed by atoms with Gasteiger partial charge in [-0.3, -0.25) is 19.7 Å². The molecule has 35 heavy (non-hydrogen) atoms. The highest BCUT2D eigenvalue weighted by Crippen LogP contribution is 2.28. The molecule has 0 atom stereocenters. The van der Waals surface area contributed by atoms with Crippen molar-refractivity contribution in [2.24, 2.45) is 0 Å². The molecule has 0 bridgehead atoms. The summed E-state index contributed by atoms with van der Waals surface area (Å²) >= 11 is 3.39. The highest BCUT2D eigenvalue weighted by atomic mass is 79.9. The fourth-order valence-corrected chi connectivity index (χ4v) is 3.85. The summed E-state index contributed by atoms with van der Waals surface area (Å²) in [6, 6.07) is 19.8. The van der Waals surface area contributed by atoms with Crippen LogP contribution in [0, 0.1) is 6.92 Å². The quantitative estimate of drug-likeness (QED) is 0.360. The van der Waals surface area contributed by atoms with Crippen LogP contribution in [-0.4, -0.2) is 30.4 Å². The third kappa shape index (κ3) is 5.64. The van der Waals surface area contributed by atoms with E-state index in [2.05, 4.69) is 26.6 Å². The van der Waals surface area contributed by atoms with Crippen LogP contribution in [-0.2, 0) is 14.4 Å². The topological polar surface area (TPSA) is 105 Å². The number of benzene rings is 3. The van der Waals surface area contributed by atoms with Gasteiger partial charge in [0.2, 0.25) is 0 Å². The van der Waals surface area contributed by atoms with Gasteiger partial charge in [-0.25, -0.2) is 9.69 Å². The van der Waals surface area contributed by atoms with Crippen molar-refractivity contribution in [1.82, 2.24) is 5.32 Å². The Balaban J connectivity index is 1.46. The molecule has 3 aromatic rings. The molecule has 1 saturated heterocycles. The Morgan fingerprint density at radius 3 is 2.43 bits per heavy atom. The Labute approximate surface area is 209 Å². The van der Waals surface area contributed by atoms with E-state index in [1.165, 1.54) is 6.08 Å². The molecule has 2 N–H and O–H groups in total. The normalized spacial score (nSPS) is 14.6. The Kier molecular flexibility index (Phi) is 7.07. The highest BCUT2D eigenvalue weighted by molar-refractivity contribution is 9.10. The molecule has 0 radical (unpaired) electrons. The smallest absolute Gasteiger partial charge is 0.335 e. The largest absolute Gasteiger partial charge is 0.483 e. The van der Waals surface area contributed by atoms with Gasteiger partial charge < -0.3 is 10.1 Å². The van der Waals surface area contributed by atoms with Crippen molar-refractivity contribution in [2.45, 2.75) is 6.92 Å². The standard InChI is InChI=1S/C26H20BrN3O5/c1-16-7-10-18(11-8-16)28-23(31)15-35-22-12-9-17(14-21(22)27)13-20-24(32)29-26(34)30(25(20)33)19-5-3-2-4-6-19/h2-14H,15H2,1H3,(H,28,31)(H,29,32,34)/b20-13+. The summed E-state index contributed by atoms with van der Waals surface area (Å²) in [4.78, 5) is 50.7. The lowest BCUT2D eigenvalue weighted by Gasteiger charge is -2.26. The molecule has 1 heterocycles. The van der Waals surface area contributed by atoms with Gasteiger partial charge in [0.1, 0.15) is 11.3 Å². The monoisotopic (exact) mass is 533 g/mol. The van der Waals surface area contributed by atoms with Crippen LogP contribution in [0.5, 0.6) is 5.75 Å². The summed E-state index contributed by atoms with van der Waals surface area (Å²) in [5, 5.41) is 4.94. The van der Waals surface area contributed by atoms with E-state index in [4.69, 9.17) is 4.74 Å². The summed E-state index contributed by atoms with van der Waals surface area (Å²) in [6.07, 6.45) is 1.39. The fourth-order valence-electron chi connectivity index (χ4n) is 3.34. The number of hydrogen-bond donors (Lipinski definition) is 2. The van der Waals surface area contributed by atoms with Gasteiger partial charge in [0.25, 0.3) is 17.7 Å². The number of anilines is 2. The Morgan fingerprint density at radius 2 is 1.74 bits per heavy atom. The molecular weight excluding hydrogens is 514 g/mol. The predicted octanol–water partition coefficient (Wildman–Crippen LogP) is 4.44. The number of para-hydroxylation sites is 1. The average molecular weight is 534 g/mol. The van der Waals surface area contributed by atoms with Crippen LogP contribution in [0.1, 0.15) is 11.1 Å². The summed E-state index contributed by atoms with van der Waals surface area (Å²) in [7, 11) is 0. The molecule has 3 aromatic carbocycles. The maximum atomic E-state index is 12.9. The van der Waals surface area contributed by atoms with Crippen molar-refractivity contribution in [3.8, 4) is 5.75 Å². The maximum Gasteiger partial charge on any atom is 0.335 e. The zero-order chi connectivity index (χ0) is 24.9. The Bertz CT molecular complexity index is 1340. The van der Waals surface area contributed by atoms with E-state index >= 15 is 0 Å². The number of urea groups is 1. The number of amides is 5. The van der Waals surface area contributed by atoms with Crippen LogP contribution in [0.4, 0.5) is 16.2 Å². The molecule has 9 heteroatoms. The first-order chi connectivity index (χ1) is 16.8. The summed E-state index contributed by atoms with van der Waals surface area (Å²) < 4.78 is 6.11. The van der Waals surface area contributed by atoms with Gasteiger partial charge in [-0.05, 0) is 70.9 Å². The van der Waals surface area contributed by atoms with Crippen molar-refractivity contribution in [2.75, 3.05) is 16.8 Å². The zero-order valence-corrected chi connectivity index (χ0v) is 20.2. The van der Waals surface area contributed by atoms with E-state index in [1.54, 1.807) is 60.7 Å².